The summed E-state index contributed by atoms with van der Waals surface area (Å²) in [7, 11) is 1.62. The van der Waals surface area contributed by atoms with Crippen molar-refractivity contribution in [2.45, 2.75) is 6.54 Å². The van der Waals surface area contributed by atoms with Crippen molar-refractivity contribution in [3.8, 4) is 5.75 Å². The molecule has 80 valence electrons. The lowest BCUT2D eigenvalue weighted by atomic mass is 10.3. The van der Waals surface area contributed by atoms with E-state index in [2.05, 4.69) is 4.98 Å². The van der Waals surface area contributed by atoms with Gasteiger partial charge in [-0.25, -0.2) is 4.98 Å². The minimum atomic E-state index is 0.444. The van der Waals surface area contributed by atoms with Gasteiger partial charge in [0.2, 0.25) is 5.28 Å². The molecule has 0 bridgehead atoms. The second kappa shape index (κ2) is 4.08. The van der Waals surface area contributed by atoms with Gasteiger partial charge in [0, 0.05) is 13.1 Å². The molecule has 0 aliphatic heterocycles. The number of rotatable bonds is 3. The number of fused-ring (bicyclic) bond motifs is 1. The third kappa shape index (κ3) is 1.66. The van der Waals surface area contributed by atoms with E-state index in [1.807, 2.05) is 22.8 Å². The van der Waals surface area contributed by atoms with E-state index in [1.165, 1.54) is 0 Å². The number of nitrogens with zero attached hydrogens (tertiary/aromatic N) is 2. The highest BCUT2D eigenvalue weighted by Gasteiger charge is 2.11. The van der Waals surface area contributed by atoms with Crippen molar-refractivity contribution in [3.05, 3.63) is 23.5 Å². The van der Waals surface area contributed by atoms with Crippen molar-refractivity contribution < 1.29 is 4.74 Å². The van der Waals surface area contributed by atoms with Gasteiger partial charge >= 0.3 is 0 Å². The number of aromatic nitrogens is 2. The number of benzene rings is 1. The molecule has 15 heavy (non-hydrogen) atoms. The number of para-hydroxylation sites is 1. The molecule has 0 spiro atoms. The zero-order chi connectivity index (χ0) is 10.8. The molecule has 2 rings (SSSR count). The van der Waals surface area contributed by atoms with Crippen LogP contribution in [0.15, 0.2) is 18.2 Å². The lowest BCUT2D eigenvalue weighted by Crippen LogP contribution is -2.09. The monoisotopic (exact) mass is 225 g/mol. The third-order valence-corrected chi connectivity index (χ3v) is 2.56. The average molecular weight is 226 g/mol. The lowest BCUT2D eigenvalue weighted by Gasteiger charge is -2.03. The molecule has 0 aliphatic carbocycles. The van der Waals surface area contributed by atoms with Crippen LogP contribution in [-0.4, -0.2) is 23.2 Å². The molecule has 2 N–H and O–H groups in total. The maximum atomic E-state index is 6.02. The van der Waals surface area contributed by atoms with Crippen molar-refractivity contribution >= 4 is 22.6 Å². The van der Waals surface area contributed by atoms with E-state index in [4.69, 9.17) is 22.1 Å². The predicted octanol–water partition coefficient (Wildman–Crippen LogP) is 1.66. The van der Waals surface area contributed by atoms with Crippen LogP contribution < -0.4 is 10.5 Å². The van der Waals surface area contributed by atoms with E-state index in [0.717, 1.165) is 16.8 Å². The molecule has 1 aromatic carbocycles. The molecule has 5 heteroatoms. The molecule has 0 unspecified atom stereocenters. The minimum Gasteiger partial charge on any atom is -0.494 e. The molecule has 0 atom stereocenters. The number of methoxy groups -OCH3 is 1. The van der Waals surface area contributed by atoms with E-state index in [1.54, 1.807) is 7.11 Å². The fourth-order valence-electron chi connectivity index (χ4n) is 1.60. The second-order valence-electron chi connectivity index (χ2n) is 3.15. The zero-order valence-corrected chi connectivity index (χ0v) is 9.16. The summed E-state index contributed by atoms with van der Waals surface area (Å²) in [5.74, 6) is 0.727. The minimum absolute atomic E-state index is 0.444. The van der Waals surface area contributed by atoms with E-state index in [9.17, 15) is 0 Å². The summed E-state index contributed by atoms with van der Waals surface area (Å²) in [5.41, 5.74) is 7.24. The molecule has 0 saturated heterocycles. The summed E-state index contributed by atoms with van der Waals surface area (Å²) in [4.78, 5) is 4.25. The second-order valence-corrected chi connectivity index (χ2v) is 3.49. The Morgan fingerprint density at radius 2 is 2.33 bits per heavy atom. The first-order valence-electron chi connectivity index (χ1n) is 4.66. The molecule has 4 nitrogen and oxygen atoms in total. The summed E-state index contributed by atoms with van der Waals surface area (Å²) < 4.78 is 7.08. The summed E-state index contributed by atoms with van der Waals surface area (Å²) in [6.07, 6.45) is 0. The smallest absolute Gasteiger partial charge is 0.203 e. The van der Waals surface area contributed by atoms with E-state index < -0.39 is 0 Å². The average Bonchev–Trinajstić information content (AvgIpc) is 2.56. The van der Waals surface area contributed by atoms with Crippen molar-refractivity contribution in [2.24, 2.45) is 5.73 Å². The van der Waals surface area contributed by atoms with Crippen LogP contribution in [0.5, 0.6) is 5.75 Å². The Morgan fingerprint density at radius 1 is 1.53 bits per heavy atom. The molecule has 1 heterocycles. The van der Waals surface area contributed by atoms with Crippen molar-refractivity contribution in [1.82, 2.24) is 9.55 Å². The number of halogens is 1. The number of hydrogen-bond donors (Lipinski definition) is 1. The maximum absolute atomic E-state index is 6.02. The van der Waals surface area contributed by atoms with Crippen LogP contribution in [0.25, 0.3) is 11.0 Å². The number of hydrogen-bond acceptors (Lipinski definition) is 3. The van der Waals surface area contributed by atoms with Gasteiger partial charge in [-0.3, -0.25) is 0 Å². The summed E-state index contributed by atoms with van der Waals surface area (Å²) in [6, 6.07) is 5.72. The first-order chi connectivity index (χ1) is 7.27. The molecule has 1 aromatic heterocycles. The quantitative estimate of drug-likeness (QED) is 0.865. The Labute approximate surface area is 92.6 Å². The SMILES string of the molecule is COc1cccc2c1nc(Cl)n2CCN. The summed E-state index contributed by atoms with van der Waals surface area (Å²) in [6.45, 7) is 1.19. The lowest BCUT2D eigenvalue weighted by molar-refractivity contribution is 0.419. The van der Waals surface area contributed by atoms with Gasteiger partial charge in [0.25, 0.3) is 0 Å². The fraction of sp³-hybridized carbons (Fsp3) is 0.300. The Bertz CT molecular complexity index is 481. The highest BCUT2D eigenvalue weighted by atomic mass is 35.5. The first-order valence-corrected chi connectivity index (χ1v) is 5.04. The van der Waals surface area contributed by atoms with E-state index in [-0.39, 0.29) is 0 Å². The van der Waals surface area contributed by atoms with Gasteiger partial charge in [-0.05, 0) is 23.7 Å². The van der Waals surface area contributed by atoms with E-state index >= 15 is 0 Å². The van der Waals surface area contributed by atoms with Crippen molar-refractivity contribution in [2.75, 3.05) is 13.7 Å². The van der Waals surface area contributed by atoms with E-state index in [0.29, 0.717) is 18.4 Å². The Morgan fingerprint density at radius 3 is 3.00 bits per heavy atom. The van der Waals surface area contributed by atoms with Crippen LogP contribution in [0.4, 0.5) is 0 Å². The molecule has 0 radical (unpaired) electrons. The van der Waals surface area contributed by atoms with Gasteiger partial charge in [0.05, 0.1) is 12.6 Å². The van der Waals surface area contributed by atoms with Gasteiger partial charge in [-0.1, -0.05) is 6.07 Å². The van der Waals surface area contributed by atoms with Crippen LogP contribution in [0, 0.1) is 0 Å². The topological polar surface area (TPSA) is 53.1 Å². The number of nitrogens with two attached hydrogens (primary N) is 1. The van der Waals surface area contributed by atoms with Crippen molar-refractivity contribution in [1.29, 1.82) is 0 Å². The maximum Gasteiger partial charge on any atom is 0.203 e. The Hall–Kier alpha value is -1.26. The van der Waals surface area contributed by atoms with Crippen LogP contribution in [0.3, 0.4) is 0 Å². The molecule has 2 aromatic rings. The Kier molecular flexibility index (Phi) is 2.79. The zero-order valence-electron chi connectivity index (χ0n) is 8.40. The predicted molar refractivity (Wildman–Crippen MR) is 60.3 cm³/mol. The number of ether oxygens (including phenoxy) is 1. The normalized spacial score (nSPS) is 10.9. The fourth-order valence-corrected chi connectivity index (χ4v) is 1.86. The highest BCUT2D eigenvalue weighted by molar-refractivity contribution is 6.29. The summed E-state index contributed by atoms with van der Waals surface area (Å²) in [5, 5.41) is 0.444. The Balaban J connectivity index is 2.67. The molecule has 0 aliphatic rings. The molecule has 0 amide bonds. The summed E-state index contributed by atoms with van der Waals surface area (Å²) >= 11 is 6.02. The van der Waals surface area contributed by atoms with Gasteiger partial charge in [-0.2, -0.15) is 0 Å². The largest absolute Gasteiger partial charge is 0.494 e. The van der Waals surface area contributed by atoms with Crippen LogP contribution >= 0.6 is 11.6 Å². The van der Waals surface area contributed by atoms with Crippen LogP contribution in [0.1, 0.15) is 0 Å². The number of imidazole rings is 1. The third-order valence-electron chi connectivity index (χ3n) is 2.27. The van der Waals surface area contributed by atoms with Gasteiger partial charge in [0.15, 0.2) is 0 Å². The van der Waals surface area contributed by atoms with Crippen molar-refractivity contribution in [3.63, 3.8) is 0 Å². The van der Waals surface area contributed by atoms with Gasteiger partial charge in [-0.15, -0.1) is 0 Å². The molecular formula is C10H12ClN3O. The molecule has 0 fully saturated rings. The standard InChI is InChI=1S/C10H12ClN3O/c1-15-8-4-2-3-7-9(8)13-10(11)14(7)6-5-12/h2-4H,5-6,12H2,1H3. The van der Waals surface area contributed by atoms with Crippen LogP contribution in [0.2, 0.25) is 5.28 Å². The van der Waals surface area contributed by atoms with Crippen LogP contribution in [-0.2, 0) is 6.54 Å². The molecule has 0 saturated carbocycles. The first kappa shape index (κ1) is 10.3. The van der Waals surface area contributed by atoms with Gasteiger partial charge < -0.3 is 15.0 Å². The highest BCUT2D eigenvalue weighted by Crippen LogP contribution is 2.27. The molecular weight excluding hydrogens is 214 g/mol. The van der Waals surface area contributed by atoms with Gasteiger partial charge in [0.1, 0.15) is 11.3 Å².